The molecule has 0 bridgehead atoms. The minimum absolute atomic E-state index is 0. The molecule has 0 aromatic heterocycles. The van der Waals surface area contributed by atoms with E-state index in [1.165, 1.54) is 0 Å². The van der Waals surface area contributed by atoms with Crippen LogP contribution >= 0.6 is 8.34 Å². The van der Waals surface area contributed by atoms with Gasteiger partial charge in [0.1, 0.15) is 0 Å². The summed E-state index contributed by atoms with van der Waals surface area (Å²) in [6, 6.07) is 0. The van der Waals surface area contributed by atoms with E-state index in [4.69, 9.17) is 9.13 Å². The van der Waals surface area contributed by atoms with Crippen LogP contribution in [0.2, 0.25) is 0 Å². The van der Waals surface area contributed by atoms with Crippen molar-refractivity contribution >= 4 is 8.34 Å². The van der Waals surface area contributed by atoms with Crippen molar-refractivity contribution in [2.45, 2.75) is 0 Å². The third-order valence-electron chi connectivity index (χ3n) is 0. The van der Waals surface area contributed by atoms with Gasteiger partial charge in [-0.15, -0.1) is 0 Å². The van der Waals surface area contributed by atoms with E-state index in [9.17, 15) is 0 Å². The Labute approximate surface area is 65.2 Å². The monoisotopic (exact) mass is 365 g/mol. The summed E-state index contributed by atoms with van der Waals surface area (Å²) < 4.78 is 16.8. The Morgan fingerprint density at radius 2 is 1.20 bits per heavy atom. The zero-order valence-corrected chi connectivity index (χ0v) is 8.22. The fourth-order valence-electron chi connectivity index (χ4n) is 0. The summed E-state index contributed by atoms with van der Waals surface area (Å²) in [4.78, 5) is 0. The van der Waals surface area contributed by atoms with Crippen LogP contribution in [0.1, 0.15) is 0 Å². The van der Waals surface area contributed by atoms with Crippen molar-refractivity contribution in [3.05, 3.63) is 0 Å². The second kappa shape index (κ2) is 17.9. The smallest absolute Gasteiger partial charge is 0.241 e. The molecule has 5 heavy (non-hydrogen) atoms. The summed E-state index contributed by atoms with van der Waals surface area (Å²) in [5.74, 6) is 0. The number of hydrogen-bond donors (Lipinski definition) is 0. The van der Waals surface area contributed by atoms with Crippen LogP contribution < -0.4 is 0 Å². The van der Waals surface area contributed by atoms with Crippen molar-refractivity contribution in [1.29, 1.82) is 0 Å². The first-order valence-corrected chi connectivity index (χ1v) is 1.22. The maximum atomic E-state index is 8.40. The predicted molar refractivity (Wildman–Crippen MR) is 9.69 cm³/mol. The molecule has 0 heterocycles. The van der Waals surface area contributed by atoms with Gasteiger partial charge in [0.2, 0.25) is 0 Å². The number of rotatable bonds is 0. The second-order valence-electron chi connectivity index (χ2n) is 0.0833. The summed E-state index contributed by atoms with van der Waals surface area (Å²) in [7, 11) is -1.42. The van der Waals surface area contributed by atoms with Gasteiger partial charge in [0.05, 0.1) is 0 Å². The fourth-order valence-corrected chi connectivity index (χ4v) is 0. The molecule has 0 aromatic carbocycles. The van der Waals surface area contributed by atoms with E-state index in [2.05, 4.69) is 0 Å². The van der Waals surface area contributed by atoms with Gasteiger partial charge in [-0.25, -0.2) is 9.13 Å². The third-order valence-corrected chi connectivity index (χ3v) is 0. The van der Waals surface area contributed by atoms with Crippen LogP contribution in [0.5, 0.6) is 0 Å². The van der Waals surface area contributed by atoms with Crippen molar-refractivity contribution in [3.8, 4) is 0 Å². The largest absolute Gasteiger partial charge is 0.303 e. The molecule has 0 saturated carbocycles. The molecule has 0 rings (SSSR count). The van der Waals surface area contributed by atoms with E-state index in [1.54, 1.807) is 0 Å². The van der Waals surface area contributed by atoms with Crippen molar-refractivity contribution in [3.63, 3.8) is 0 Å². The molecule has 33 valence electrons. The Kier molecular flexibility index (Phi) is 57.6. The molecule has 1 radical (unpaired) electrons. The van der Waals surface area contributed by atoms with Crippen LogP contribution in [0.4, 0.5) is 0 Å². The number of hydrogen-bond acceptors (Lipinski definition) is 2. The van der Waals surface area contributed by atoms with Gasteiger partial charge in [-0.1, -0.05) is 0 Å². The van der Waals surface area contributed by atoms with Crippen molar-refractivity contribution < 1.29 is 57.3 Å². The molecule has 0 aliphatic carbocycles. The molecular weight excluding hydrogens is 365 g/mol. The summed E-state index contributed by atoms with van der Waals surface area (Å²) in [6.07, 6.45) is 0. The second-order valence-corrected chi connectivity index (χ2v) is 0.250. The van der Waals surface area contributed by atoms with Crippen molar-refractivity contribution in [1.82, 2.24) is 0 Å². The summed E-state index contributed by atoms with van der Waals surface area (Å²) >= 11 is 0. The average molecular weight is 366 g/mol. The van der Waals surface area contributed by atoms with Gasteiger partial charge in [-0.2, -0.15) is 0 Å². The Balaban J connectivity index is -0.0000000200. The van der Waals surface area contributed by atoms with E-state index in [0.29, 0.717) is 0 Å². The van der Waals surface area contributed by atoms with Crippen LogP contribution in [0, 0.1) is 31.1 Å². The SMILES string of the molecule is O=[PH]=O.[Cu].[U]. The van der Waals surface area contributed by atoms with Gasteiger partial charge in [0.25, 0.3) is 0 Å². The van der Waals surface area contributed by atoms with Gasteiger partial charge in [-0.3, -0.25) is 0 Å². The van der Waals surface area contributed by atoms with E-state index < -0.39 is 8.34 Å². The molecule has 0 fully saturated rings. The molecule has 0 aromatic rings. The summed E-state index contributed by atoms with van der Waals surface area (Å²) in [5, 5.41) is 0. The van der Waals surface area contributed by atoms with Gasteiger partial charge in [0.15, 0.2) is 0 Å². The minimum atomic E-state index is -1.42. The van der Waals surface area contributed by atoms with Crippen molar-refractivity contribution in [2.24, 2.45) is 0 Å². The maximum absolute atomic E-state index is 8.40. The van der Waals surface area contributed by atoms with Crippen LogP contribution in [0.3, 0.4) is 0 Å². The molecule has 0 spiro atoms. The molecule has 0 N–H and O–H groups in total. The first-order valence-electron chi connectivity index (χ1n) is 0.408. The third kappa shape index (κ3) is 30.5. The van der Waals surface area contributed by atoms with Crippen LogP contribution in [-0.2, 0) is 26.2 Å². The Morgan fingerprint density at radius 3 is 1.20 bits per heavy atom. The molecule has 2 nitrogen and oxygen atoms in total. The standard InChI is InChI=1S/Cu.HO2P.U/c;1-3-2;/h;3H;. The first-order chi connectivity index (χ1) is 1.41. The zero-order valence-electron chi connectivity index (χ0n) is 2.12. The van der Waals surface area contributed by atoms with E-state index >= 15 is 0 Å². The molecule has 5 heteroatoms. The molecule has 0 amide bonds. The van der Waals surface area contributed by atoms with Gasteiger partial charge < -0.3 is 0 Å². The van der Waals surface area contributed by atoms with Gasteiger partial charge in [0, 0.05) is 48.2 Å². The van der Waals surface area contributed by atoms with Gasteiger partial charge >= 0.3 is 8.34 Å². The molecule has 0 saturated heterocycles. The first kappa shape index (κ1) is 16.1. The molecule has 0 aliphatic heterocycles. The molecule has 0 atom stereocenters. The quantitative estimate of drug-likeness (QED) is 0.459. The molecule has 0 aliphatic rings. The van der Waals surface area contributed by atoms with E-state index in [0.717, 1.165) is 0 Å². The molecule has 0 unspecified atom stereocenters. The predicted octanol–water partition coefficient (Wildman–Crippen LogP) is 0.353. The summed E-state index contributed by atoms with van der Waals surface area (Å²) in [5.41, 5.74) is 0. The Bertz CT molecular complexity index is 30.6. The Hall–Kier alpha value is 1.47. The topological polar surface area (TPSA) is 34.1 Å². The fraction of sp³-hybridized carbons (Fsp3) is 0. The van der Waals surface area contributed by atoms with Crippen LogP contribution in [-0.4, -0.2) is 0 Å². The van der Waals surface area contributed by atoms with E-state index in [-0.39, 0.29) is 48.2 Å². The minimum Gasteiger partial charge on any atom is -0.241 e. The van der Waals surface area contributed by atoms with Crippen LogP contribution in [0.15, 0.2) is 0 Å². The summed E-state index contributed by atoms with van der Waals surface area (Å²) in [6.45, 7) is 0. The van der Waals surface area contributed by atoms with Crippen LogP contribution in [0.25, 0.3) is 0 Å². The van der Waals surface area contributed by atoms with Gasteiger partial charge in [-0.05, 0) is 0 Å². The Morgan fingerprint density at radius 1 is 1.20 bits per heavy atom. The normalized spacial score (nSPS) is 2.40. The van der Waals surface area contributed by atoms with E-state index in [1.807, 2.05) is 0 Å². The average Bonchev–Trinajstić information content (AvgIpc) is 0.918. The van der Waals surface area contributed by atoms with Crippen molar-refractivity contribution in [2.75, 3.05) is 0 Å². The molecular formula is HCuO2PU. The zero-order chi connectivity index (χ0) is 2.71. The maximum Gasteiger partial charge on any atom is 0.303 e.